The lowest BCUT2D eigenvalue weighted by molar-refractivity contribution is 0.479. The molecule has 0 spiro atoms. The van der Waals surface area contributed by atoms with Crippen molar-refractivity contribution in [3.63, 3.8) is 0 Å². The van der Waals surface area contributed by atoms with E-state index in [0.29, 0.717) is 0 Å². The Balaban J connectivity index is -0.000000320. The molecule has 0 unspecified atom stereocenters. The molecule has 0 rings (SSSR count). The lowest BCUT2D eigenvalue weighted by atomic mass is 11.9. The second kappa shape index (κ2) is 11.5. The first-order chi connectivity index (χ1) is 4.13. The highest BCUT2D eigenvalue weighted by Gasteiger charge is 2.09. The van der Waals surface area contributed by atoms with Gasteiger partial charge in [0.15, 0.2) is 0 Å². The van der Waals surface area contributed by atoms with Crippen LogP contribution in [0.2, 0.25) is 23.1 Å². The molecule has 0 radical (unpaired) electrons. The quantitative estimate of drug-likeness (QED) is 0.655. The Kier molecular flexibility index (Phi) is 19.2. The van der Waals surface area contributed by atoms with Crippen LogP contribution in [0.1, 0.15) is 14.9 Å². The van der Waals surface area contributed by atoms with Crippen molar-refractivity contribution in [1.82, 2.24) is 0 Å². The topological polar surface area (TPSA) is 18.5 Å². The maximum Gasteiger partial charge on any atom is 0.587 e. The van der Waals surface area contributed by atoms with E-state index in [1.807, 2.05) is 0 Å². The van der Waals surface area contributed by atoms with E-state index in [1.54, 1.807) is 0 Å². The highest BCUT2D eigenvalue weighted by Crippen LogP contribution is 1.85. The molecule has 0 aliphatic rings. The van der Waals surface area contributed by atoms with Gasteiger partial charge in [-0.05, 0) is 0 Å². The molecule has 0 atom stereocenters. The van der Waals surface area contributed by atoms with Crippen LogP contribution in [0.25, 0.3) is 0 Å². The van der Waals surface area contributed by atoms with Crippen molar-refractivity contribution in [3.05, 3.63) is 0 Å². The van der Waals surface area contributed by atoms with Crippen LogP contribution >= 0.6 is 0 Å². The Labute approximate surface area is 88.1 Å². The Hall–Kier alpha value is 1.52. The summed E-state index contributed by atoms with van der Waals surface area (Å²) < 4.78 is 10.9. The zero-order valence-corrected chi connectivity index (χ0v) is 10.4. The van der Waals surface area contributed by atoms with Gasteiger partial charge in [-0.1, -0.05) is 38.0 Å². The van der Waals surface area contributed by atoms with E-state index in [2.05, 4.69) is 23.1 Å². The van der Waals surface area contributed by atoms with E-state index in [4.69, 9.17) is 5.68 Å². The molecule has 5 heteroatoms. The van der Waals surface area contributed by atoms with E-state index in [9.17, 15) is 0 Å². The molecular weight excluding hydrogens is 185 g/mol. The second-order valence-electron chi connectivity index (χ2n) is 2.55. The Bertz CT molecular complexity index is 60.8. The van der Waals surface area contributed by atoms with Gasteiger partial charge in [-0.15, -0.1) is 0 Å². The first kappa shape index (κ1) is 18.3. The van der Waals surface area contributed by atoms with Crippen LogP contribution in [-0.4, -0.2) is 44.9 Å². The van der Waals surface area contributed by atoms with Crippen LogP contribution < -0.4 is 0 Å². The van der Waals surface area contributed by atoms with Gasteiger partial charge in [0.25, 0.3) is 0 Å². The van der Waals surface area contributed by atoms with Gasteiger partial charge in [0.1, 0.15) is 0 Å². The van der Waals surface area contributed by atoms with Crippen molar-refractivity contribution >= 4 is 44.9 Å². The Morgan fingerprint density at radius 3 is 1.27 bits per heavy atom. The number of hydrogen-bond donors (Lipinski definition) is 0. The van der Waals surface area contributed by atoms with Gasteiger partial charge >= 0.3 is 44.9 Å². The fourth-order valence-corrected chi connectivity index (χ4v) is 3.51. The first-order valence-electron chi connectivity index (χ1n) is 3.36. The predicted molar refractivity (Wildman–Crippen MR) is 57.7 cm³/mol. The fraction of sp³-hybridized carbons (Fsp3) is 1.00. The zero-order chi connectivity index (χ0) is 7.28. The standard InChI is InChI=1S/2CH4.4CH3.3Al.2O.H/h2*1H4;4*1H3;;;;;;. The molecular formula is C6H21Al3O2. The molecule has 0 saturated heterocycles. The second-order valence-corrected chi connectivity index (χ2v) is 9.65. The molecule has 0 fully saturated rings. The molecule has 0 aliphatic heterocycles. The van der Waals surface area contributed by atoms with Gasteiger partial charge in [0.05, 0.1) is 0 Å². The maximum absolute atomic E-state index is 5.44. The molecule has 0 N–H and O–H groups in total. The van der Waals surface area contributed by atoms with Crippen molar-refractivity contribution in [2.24, 2.45) is 0 Å². The SMILES string of the molecule is C.C.[CH3][Al]([CH3])[O][AlH][O][Al]([CH3])[CH3]. The van der Waals surface area contributed by atoms with E-state index < -0.39 is 44.9 Å². The molecule has 0 saturated carbocycles. The third-order valence-corrected chi connectivity index (χ3v) is 7.22. The molecule has 11 heavy (non-hydrogen) atoms. The summed E-state index contributed by atoms with van der Waals surface area (Å²) in [5, 5.41) is 0. The summed E-state index contributed by atoms with van der Waals surface area (Å²) >= 11 is -2.10. The van der Waals surface area contributed by atoms with Gasteiger partial charge in [0, 0.05) is 0 Å². The largest absolute Gasteiger partial charge is 0.618 e. The van der Waals surface area contributed by atoms with Crippen molar-refractivity contribution in [1.29, 1.82) is 0 Å². The minimum absolute atomic E-state index is 0. The Morgan fingerprint density at radius 2 is 1.09 bits per heavy atom. The van der Waals surface area contributed by atoms with Gasteiger partial charge < -0.3 is 5.68 Å². The average Bonchev–Trinajstić information content (AvgIpc) is 1.63. The summed E-state index contributed by atoms with van der Waals surface area (Å²) in [5.41, 5.74) is 0. The molecule has 0 aromatic heterocycles. The third-order valence-electron chi connectivity index (χ3n) is 0.803. The summed E-state index contributed by atoms with van der Waals surface area (Å²) in [5.74, 6) is 8.72. The minimum Gasteiger partial charge on any atom is -0.618 e. The van der Waals surface area contributed by atoms with E-state index in [0.717, 1.165) is 0 Å². The molecule has 0 amide bonds. The van der Waals surface area contributed by atoms with Crippen LogP contribution in [0.15, 0.2) is 0 Å². The molecule has 0 aromatic carbocycles. The van der Waals surface area contributed by atoms with Crippen molar-refractivity contribution in [3.8, 4) is 0 Å². The normalized spacial score (nSPS) is 7.27. The smallest absolute Gasteiger partial charge is 0.587 e. The van der Waals surface area contributed by atoms with Gasteiger partial charge in [-0.25, -0.2) is 0 Å². The summed E-state index contributed by atoms with van der Waals surface area (Å²) in [6, 6.07) is 0. The predicted octanol–water partition coefficient (Wildman–Crippen LogP) is 2.06. The monoisotopic (exact) mass is 206 g/mol. The zero-order valence-electron chi connectivity index (χ0n) is 6.68. The van der Waals surface area contributed by atoms with E-state index in [1.165, 1.54) is 0 Å². The minimum atomic E-state index is -0.770. The molecule has 2 nitrogen and oxygen atoms in total. The molecule has 0 bridgehead atoms. The highest BCUT2D eigenvalue weighted by molar-refractivity contribution is 6.59. The molecule has 66 valence electrons. The fourth-order valence-electron chi connectivity index (χ4n) is 0.311. The van der Waals surface area contributed by atoms with Crippen molar-refractivity contribution in [2.75, 3.05) is 0 Å². The van der Waals surface area contributed by atoms with Crippen molar-refractivity contribution < 1.29 is 5.68 Å². The lowest BCUT2D eigenvalue weighted by Gasteiger charge is -2.05. The summed E-state index contributed by atoms with van der Waals surface area (Å²) in [6.45, 7) is 0. The van der Waals surface area contributed by atoms with Crippen LogP contribution in [0, 0.1) is 0 Å². The van der Waals surface area contributed by atoms with Gasteiger partial charge in [-0.3, -0.25) is 0 Å². The van der Waals surface area contributed by atoms with Crippen LogP contribution in [0.5, 0.6) is 0 Å². The Morgan fingerprint density at radius 1 is 0.818 bits per heavy atom. The highest BCUT2D eigenvalue weighted by atomic mass is 27.3. The lowest BCUT2D eigenvalue weighted by Crippen LogP contribution is -2.19. The van der Waals surface area contributed by atoms with Gasteiger partial charge in [-0.2, -0.15) is 0 Å². The van der Waals surface area contributed by atoms with Crippen LogP contribution in [-0.2, 0) is 5.68 Å². The molecule has 0 heterocycles. The third kappa shape index (κ3) is 18.5. The summed E-state index contributed by atoms with van der Waals surface area (Å²) in [7, 11) is 0. The number of hydrogen-bond acceptors (Lipinski definition) is 2. The van der Waals surface area contributed by atoms with E-state index in [-0.39, 0.29) is 14.9 Å². The summed E-state index contributed by atoms with van der Waals surface area (Å²) in [6.07, 6.45) is 0. The molecule has 0 aliphatic carbocycles. The number of rotatable bonds is 4. The maximum atomic E-state index is 5.44. The average molecular weight is 206 g/mol. The van der Waals surface area contributed by atoms with Gasteiger partial charge in [0.2, 0.25) is 0 Å². The van der Waals surface area contributed by atoms with Crippen LogP contribution in [0.4, 0.5) is 0 Å². The van der Waals surface area contributed by atoms with Crippen molar-refractivity contribution in [2.45, 2.75) is 38.0 Å². The first-order valence-corrected chi connectivity index (χ1v) is 10.1. The summed E-state index contributed by atoms with van der Waals surface area (Å²) in [4.78, 5) is 0. The molecule has 0 aromatic rings. The van der Waals surface area contributed by atoms with Crippen LogP contribution in [0.3, 0.4) is 0 Å². The van der Waals surface area contributed by atoms with E-state index >= 15 is 0 Å².